The van der Waals surface area contributed by atoms with Gasteiger partial charge >= 0.3 is 6.01 Å². The zero-order valence-corrected chi connectivity index (χ0v) is 12.0. The van der Waals surface area contributed by atoms with Crippen LogP contribution in [0.1, 0.15) is 32.0 Å². The summed E-state index contributed by atoms with van der Waals surface area (Å²) in [4.78, 5) is 16.6. The van der Waals surface area contributed by atoms with E-state index >= 15 is 0 Å². The molecule has 0 N–H and O–H groups in total. The molecule has 0 radical (unpaired) electrons. The van der Waals surface area contributed by atoms with Gasteiger partial charge in [-0.05, 0) is 6.42 Å². The maximum atomic E-state index is 12.2. The van der Waals surface area contributed by atoms with Gasteiger partial charge in [0.1, 0.15) is 0 Å². The van der Waals surface area contributed by atoms with Crippen LogP contribution in [0.3, 0.4) is 0 Å². The molecule has 0 spiro atoms. The van der Waals surface area contributed by atoms with Crippen molar-refractivity contribution in [2.75, 3.05) is 6.61 Å². The minimum Gasteiger partial charge on any atom is -0.462 e. The number of hydrogen-bond donors (Lipinski definition) is 0. The summed E-state index contributed by atoms with van der Waals surface area (Å²) in [5.74, 6) is 0.274. The number of carbonyl (C=O) groups is 1. The first kappa shape index (κ1) is 14.2. The first-order valence-electron chi connectivity index (χ1n) is 6.83. The van der Waals surface area contributed by atoms with Crippen LogP contribution in [-0.2, 0) is 0 Å². The molecule has 0 bridgehead atoms. The summed E-state index contributed by atoms with van der Waals surface area (Å²) >= 11 is 0. The highest BCUT2D eigenvalue weighted by Crippen LogP contribution is 2.20. The number of carbonyl (C=O) groups excluding carboxylic acids is 1. The number of nitrogens with zero attached hydrogens (tertiary/aromatic N) is 3. The first-order chi connectivity index (χ1) is 9.63. The standard InChI is InChI=1S/C15H19N3O2/c1-4-10-20-15-16-13(12-8-6-5-7-9-12)18(17-15)14(19)11(2)3/h5-9,11H,4,10H2,1-3H3. The van der Waals surface area contributed by atoms with Gasteiger partial charge < -0.3 is 4.74 Å². The molecule has 5 heteroatoms. The van der Waals surface area contributed by atoms with Gasteiger partial charge in [-0.25, -0.2) is 0 Å². The molecule has 20 heavy (non-hydrogen) atoms. The Morgan fingerprint density at radius 2 is 2.00 bits per heavy atom. The van der Waals surface area contributed by atoms with Gasteiger partial charge in [0.2, 0.25) is 0 Å². The molecule has 106 valence electrons. The van der Waals surface area contributed by atoms with Crippen molar-refractivity contribution in [2.45, 2.75) is 27.2 Å². The molecule has 1 aromatic heterocycles. The number of ether oxygens (including phenoxy) is 1. The van der Waals surface area contributed by atoms with Gasteiger partial charge in [0.05, 0.1) is 6.61 Å². The van der Waals surface area contributed by atoms with Crippen molar-refractivity contribution >= 4 is 5.91 Å². The van der Waals surface area contributed by atoms with Gasteiger partial charge in [-0.1, -0.05) is 51.1 Å². The van der Waals surface area contributed by atoms with E-state index < -0.39 is 0 Å². The molecule has 1 heterocycles. The van der Waals surface area contributed by atoms with Gasteiger partial charge in [-0.15, -0.1) is 5.10 Å². The van der Waals surface area contributed by atoms with E-state index in [0.717, 1.165) is 12.0 Å². The number of rotatable bonds is 5. The minimum absolute atomic E-state index is 0.0947. The summed E-state index contributed by atoms with van der Waals surface area (Å²) < 4.78 is 6.77. The molecule has 0 aliphatic carbocycles. The van der Waals surface area contributed by atoms with E-state index in [4.69, 9.17) is 4.74 Å². The second-order valence-electron chi connectivity index (χ2n) is 4.84. The second-order valence-corrected chi connectivity index (χ2v) is 4.84. The average Bonchev–Trinajstić information content (AvgIpc) is 2.89. The van der Waals surface area contributed by atoms with E-state index in [1.165, 1.54) is 4.68 Å². The van der Waals surface area contributed by atoms with Gasteiger partial charge in [-0.2, -0.15) is 9.67 Å². The zero-order chi connectivity index (χ0) is 14.5. The average molecular weight is 273 g/mol. The van der Waals surface area contributed by atoms with Crippen LogP contribution >= 0.6 is 0 Å². The lowest BCUT2D eigenvalue weighted by atomic mass is 10.2. The zero-order valence-electron chi connectivity index (χ0n) is 12.0. The lowest BCUT2D eigenvalue weighted by Gasteiger charge is -2.06. The molecule has 2 rings (SSSR count). The van der Waals surface area contributed by atoms with E-state index in [9.17, 15) is 4.79 Å². The van der Waals surface area contributed by atoms with E-state index in [1.54, 1.807) is 0 Å². The Kier molecular flexibility index (Phi) is 4.50. The summed E-state index contributed by atoms with van der Waals surface area (Å²) in [6.45, 7) is 6.22. The van der Waals surface area contributed by atoms with Crippen LogP contribution < -0.4 is 4.74 Å². The number of hydrogen-bond acceptors (Lipinski definition) is 4. The van der Waals surface area contributed by atoms with Crippen LogP contribution in [0.15, 0.2) is 30.3 Å². The van der Waals surface area contributed by atoms with Crippen molar-refractivity contribution in [3.05, 3.63) is 30.3 Å². The molecule has 0 unspecified atom stereocenters. The third-order valence-corrected chi connectivity index (χ3v) is 2.76. The molecule has 2 aromatic rings. The first-order valence-corrected chi connectivity index (χ1v) is 6.83. The van der Waals surface area contributed by atoms with Crippen LogP contribution in [0.5, 0.6) is 6.01 Å². The molecule has 0 fully saturated rings. The molecule has 0 aliphatic rings. The van der Waals surface area contributed by atoms with Crippen LogP contribution in [0.4, 0.5) is 0 Å². The summed E-state index contributed by atoms with van der Waals surface area (Å²) in [6.07, 6.45) is 0.868. The number of benzene rings is 1. The Morgan fingerprint density at radius 1 is 1.30 bits per heavy atom. The van der Waals surface area contributed by atoms with Crippen molar-refractivity contribution < 1.29 is 9.53 Å². The molecular weight excluding hydrogens is 254 g/mol. The van der Waals surface area contributed by atoms with Gasteiger partial charge in [0, 0.05) is 11.5 Å². The lowest BCUT2D eigenvalue weighted by Crippen LogP contribution is -2.19. The van der Waals surface area contributed by atoms with Crippen LogP contribution in [0.25, 0.3) is 11.4 Å². The summed E-state index contributed by atoms with van der Waals surface area (Å²) in [6, 6.07) is 9.78. The monoisotopic (exact) mass is 273 g/mol. The maximum absolute atomic E-state index is 12.2. The molecule has 1 aromatic carbocycles. The predicted molar refractivity (Wildman–Crippen MR) is 76.7 cm³/mol. The highest BCUT2D eigenvalue weighted by molar-refractivity contribution is 5.83. The largest absolute Gasteiger partial charge is 0.462 e. The normalized spacial score (nSPS) is 10.8. The Hall–Kier alpha value is -2.17. The van der Waals surface area contributed by atoms with Crippen molar-refractivity contribution in [2.24, 2.45) is 5.92 Å². The van der Waals surface area contributed by atoms with Crippen molar-refractivity contribution in [3.63, 3.8) is 0 Å². The Balaban J connectivity index is 2.42. The highest BCUT2D eigenvalue weighted by Gasteiger charge is 2.20. The quantitative estimate of drug-likeness (QED) is 0.840. The Bertz CT molecular complexity index is 576. The minimum atomic E-state index is -0.154. The van der Waals surface area contributed by atoms with Crippen molar-refractivity contribution in [1.82, 2.24) is 14.8 Å². The van der Waals surface area contributed by atoms with Crippen molar-refractivity contribution in [1.29, 1.82) is 0 Å². The molecular formula is C15H19N3O2. The third kappa shape index (κ3) is 3.04. The van der Waals surface area contributed by atoms with E-state index in [0.29, 0.717) is 12.4 Å². The van der Waals surface area contributed by atoms with Crippen LogP contribution in [-0.4, -0.2) is 27.3 Å². The summed E-state index contributed by atoms with van der Waals surface area (Å²) in [7, 11) is 0. The SMILES string of the molecule is CCCOc1nc(-c2ccccc2)n(C(=O)C(C)C)n1. The predicted octanol–water partition coefficient (Wildman–Crippen LogP) is 3.03. The van der Waals surface area contributed by atoms with Gasteiger partial charge in [-0.3, -0.25) is 4.79 Å². The molecule has 0 atom stereocenters. The van der Waals surface area contributed by atoms with E-state index in [-0.39, 0.29) is 17.8 Å². The molecule has 0 saturated carbocycles. The van der Waals surface area contributed by atoms with Gasteiger partial charge in [0.15, 0.2) is 5.82 Å². The fourth-order valence-electron chi connectivity index (χ4n) is 1.72. The second kappa shape index (κ2) is 6.32. The third-order valence-electron chi connectivity index (χ3n) is 2.76. The van der Waals surface area contributed by atoms with Gasteiger partial charge in [0.25, 0.3) is 5.91 Å². The van der Waals surface area contributed by atoms with Crippen LogP contribution in [0, 0.1) is 5.92 Å². The van der Waals surface area contributed by atoms with Crippen LogP contribution in [0.2, 0.25) is 0 Å². The Labute approximate surface area is 118 Å². The molecule has 5 nitrogen and oxygen atoms in total. The lowest BCUT2D eigenvalue weighted by molar-refractivity contribution is 0.0838. The summed E-state index contributed by atoms with van der Waals surface area (Å²) in [5.41, 5.74) is 0.848. The highest BCUT2D eigenvalue weighted by atomic mass is 16.5. The fourth-order valence-corrected chi connectivity index (χ4v) is 1.72. The molecule has 0 amide bonds. The maximum Gasteiger partial charge on any atom is 0.336 e. The topological polar surface area (TPSA) is 57.0 Å². The van der Waals surface area contributed by atoms with E-state index in [1.807, 2.05) is 51.1 Å². The van der Waals surface area contributed by atoms with E-state index in [2.05, 4.69) is 10.1 Å². The summed E-state index contributed by atoms with van der Waals surface area (Å²) in [5, 5.41) is 4.18. The number of aromatic nitrogens is 3. The Morgan fingerprint density at radius 3 is 2.60 bits per heavy atom. The smallest absolute Gasteiger partial charge is 0.336 e. The molecule has 0 aliphatic heterocycles. The fraction of sp³-hybridized carbons (Fsp3) is 0.400. The van der Waals surface area contributed by atoms with Crippen molar-refractivity contribution in [3.8, 4) is 17.4 Å². The molecule has 0 saturated heterocycles.